The third-order valence-corrected chi connectivity index (χ3v) is 5.36. The summed E-state index contributed by atoms with van der Waals surface area (Å²) in [4.78, 5) is 11.6. The summed E-state index contributed by atoms with van der Waals surface area (Å²) in [7, 11) is 3.24. The molecule has 3 rings (SSSR count). The molecule has 6 nitrogen and oxygen atoms in total. The molecule has 0 bridgehead atoms. The Morgan fingerprint density at radius 2 is 1.86 bits per heavy atom. The van der Waals surface area contributed by atoms with Gasteiger partial charge in [-0.25, -0.2) is 4.98 Å². The van der Waals surface area contributed by atoms with Gasteiger partial charge in [0, 0.05) is 42.7 Å². The number of ether oxygens (including phenoxy) is 3. The van der Waals surface area contributed by atoms with E-state index in [1.807, 2.05) is 25.1 Å². The van der Waals surface area contributed by atoms with Gasteiger partial charge in [-0.2, -0.15) is 0 Å². The molecule has 0 spiro atoms. The van der Waals surface area contributed by atoms with Crippen molar-refractivity contribution in [2.24, 2.45) is 0 Å². The Bertz CT molecular complexity index is 789. The van der Waals surface area contributed by atoms with Gasteiger partial charge in [0.2, 0.25) is 0 Å². The van der Waals surface area contributed by atoms with Gasteiger partial charge in [0.05, 0.1) is 19.9 Å². The molecule has 28 heavy (non-hydrogen) atoms. The monoisotopic (exact) mass is 385 g/mol. The Hall–Kier alpha value is -2.34. The summed E-state index contributed by atoms with van der Waals surface area (Å²) in [6.07, 6.45) is 3.17. The fourth-order valence-electron chi connectivity index (χ4n) is 3.69. The molecule has 1 aliphatic heterocycles. The fourth-order valence-corrected chi connectivity index (χ4v) is 3.69. The third kappa shape index (κ3) is 4.73. The second kappa shape index (κ2) is 9.24. The third-order valence-electron chi connectivity index (χ3n) is 5.36. The normalized spacial score (nSPS) is 16.6. The van der Waals surface area contributed by atoms with Crippen molar-refractivity contribution in [1.82, 2.24) is 14.9 Å². The summed E-state index contributed by atoms with van der Waals surface area (Å²) in [6.45, 7) is 8.29. The molecule has 6 heteroatoms. The quantitative estimate of drug-likeness (QED) is 0.719. The van der Waals surface area contributed by atoms with Crippen molar-refractivity contribution in [2.45, 2.75) is 52.2 Å². The van der Waals surface area contributed by atoms with Crippen LogP contribution in [0.2, 0.25) is 0 Å². The van der Waals surface area contributed by atoms with Crippen LogP contribution in [0.1, 0.15) is 49.8 Å². The Morgan fingerprint density at radius 1 is 1.11 bits per heavy atom. The first kappa shape index (κ1) is 20.4. The topological polar surface area (TPSA) is 56.7 Å². The first-order valence-electron chi connectivity index (χ1n) is 10.0. The van der Waals surface area contributed by atoms with Gasteiger partial charge in [-0.05, 0) is 45.2 Å². The van der Waals surface area contributed by atoms with Crippen molar-refractivity contribution in [2.75, 3.05) is 27.3 Å². The van der Waals surface area contributed by atoms with E-state index < -0.39 is 0 Å². The van der Waals surface area contributed by atoms with E-state index >= 15 is 0 Å². The Balaban J connectivity index is 1.60. The van der Waals surface area contributed by atoms with Crippen LogP contribution in [0.5, 0.6) is 17.4 Å². The summed E-state index contributed by atoms with van der Waals surface area (Å²) in [5.41, 5.74) is 3.09. The maximum atomic E-state index is 6.26. The van der Waals surface area contributed by atoms with E-state index in [1.54, 1.807) is 14.2 Å². The Labute approximate surface area is 167 Å². The second-order valence-corrected chi connectivity index (χ2v) is 7.27. The number of aryl methyl sites for hydroxylation is 2. The molecule has 0 radical (unpaired) electrons. The molecule has 1 atom stereocenters. The number of aromatic nitrogens is 2. The highest BCUT2D eigenvalue weighted by Gasteiger charge is 2.26. The maximum Gasteiger partial charge on any atom is 0.257 e. The lowest BCUT2D eigenvalue weighted by Crippen LogP contribution is -2.39. The highest BCUT2D eigenvalue weighted by Crippen LogP contribution is 2.30. The molecule has 0 amide bonds. The highest BCUT2D eigenvalue weighted by molar-refractivity contribution is 5.35. The Kier molecular flexibility index (Phi) is 6.73. The van der Waals surface area contributed by atoms with E-state index in [9.17, 15) is 0 Å². The summed E-state index contributed by atoms with van der Waals surface area (Å²) >= 11 is 0. The fraction of sp³-hybridized carbons (Fsp3) is 0.545. The van der Waals surface area contributed by atoms with Crippen LogP contribution in [0.25, 0.3) is 0 Å². The van der Waals surface area contributed by atoms with Crippen molar-refractivity contribution < 1.29 is 14.2 Å². The number of nitrogens with zero attached hydrogens (tertiary/aromatic N) is 3. The van der Waals surface area contributed by atoms with Crippen molar-refractivity contribution in [3.05, 3.63) is 41.3 Å². The molecule has 1 saturated heterocycles. The molecule has 2 aromatic rings. The van der Waals surface area contributed by atoms with E-state index in [4.69, 9.17) is 14.2 Å². The van der Waals surface area contributed by atoms with Crippen LogP contribution in [0.3, 0.4) is 0 Å². The standard InChI is InChI=1S/C22H31N3O3/c1-6-17-14-19(13-15(2)23-17)28-18-9-11-25(12-10-18)16(3)20-7-8-21(26-4)22(24-20)27-5/h7-8,13-14,16,18H,6,9-12H2,1-5H3. The Morgan fingerprint density at radius 3 is 2.50 bits per heavy atom. The van der Waals surface area contributed by atoms with Gasteiger partial charge in [-0.1, -0.05) is 6.92 Å². The number of rotatable bonds is 7. The lowest BCUT2D eigenvalue weighted by Gasteiger charge is -2.36. The molecule has 1 unspecified atom stereocenters. The molecular weight excluding hydrogens is 354 g/mol. The number of piperidine rings is 1. The summed E-state index contributed by atoms with van der Waals surface area (Å²) in [5, 5.41) is 0. The molecule has 3 heterocycles. The molecule has 0 saturated carbocycles. The number of hydrogen-bond donors (Lipinski definition) is 0. The average molecular weight is 386 g/mol. The van der Waals surface area contributed by atoms with Gasteiger partial charge in [-0.15, -0.1) is 0 Å². The van der Waals surface area contributed by atoms with Crippen LogP contribution < -0.4 is 14.2 Å². The minimum Gasteiger partial charge on any atom is -0.491 e. The summed E-state index contributed by atoms with van der Waals surface area (Å²) in [5.74, 6) is 2.13. The molecule has 0 aromatic carbocycles. The van der Waals surface area contributed by atoms with Gasteiger partial charge < -0.3 is 14.2 Å². The minimum atomic E-state index is 0.218. The van der Waals surface area contributed by atoms with Gasteiger partial charge in [0.25, 0.3) is 5.88 Å². The van der Waals surface area contributed by atoms with Crippen molar-refractivity contribution >= 4 is 0 Å². The molecule has 152 valence electrons. The zero-order valence-electron chi connectivity index (χ0n) is 17.6. The van der Waals surface area contributed by atoms with Crippen LogP contribution in [0.4, 0.5) is 0 Å². The largest absolute Gasteiger partial charge is 0.491 e. The number of likely N-dealkylation sites (tertiary alicyclic amines) is 1. The van der Waals surface area contributed by atoms with Crippen molar-refractivity contribution in [1.29, 1.82) is 0 Å². The van der Waals surface area contributed by atoms with E-state index in [1.165, 1.54) is 0 Å². The lowest BCUT2D eigenvalue weighted by molar-refractivity contribution is 0.0783. The minimum absolute atomic E-state index is 0.218. The molecule has 2 aromatic heterocycles. The van der Waals surface area contributed by atoms with Gasteiger partial charge in [0.1, 0.15) is 11.9 Å². The van der Waals surface area contributed by atoms with Gasteiger partial charge in [-0.3, -0.25) is 9.88 Å². The predicted octanol–water partition coefficient (Wildman–Crippen LogP) is 3.97. The number of methoxy groups -OCH3 is 2. The molecule has 0 N–H and O–H groups in total. The van der Waals surface area contributed by atoms with E-state index in [-0.39, 0.29) is 12.1 Å². The molecule has 1 fully saturated rings. The summed E-state index contributed by atoms with van der Waals surface area (Å²) < 4.78 is 16.9. The van der Waals surface area contributed by atoms with Crippen molar-refractivity contribution in [3.8, 4) is 17.4 Å². The maximum absolute atomic E-state index is 6.26. The number of hydrogen-bond acceptors (Lipinski definition) is 6. The smallest absolute Gasteiger partial charge is 0.257 e. The molecular formula is C22H31N3O3. The SMILES string of the molecule is CCc1cc(OC2CCN(C(C)c3ccc(OC)c(OC)n3)CC2)cc(C)n1. The van der Waals surface area contributed by atoms with Crippen molar-refractivity contribution in [3.63, 3.8) is 0 Å². The predicted molar refractivity (Wildman–Crippen MR) is 109 cm³/mol. The van der Waals surface area contributed by atoms with E-state index in [0.717, 1.165) is 55.2 Å². The van der Waals surface area contributed by atoms with Crippen LogP contribution in [0, 0.1) is 6.92 Å². The van der Waals surface area contributed by atoms with E-state index in [2.05, 4.69) is 34.8 Å². The average Bonchev–Trinajstić information content (AvgIpc) is 2.72. The lowest BCUT2D eigenvalue weighted by atomic mass is 10.0. The second-order valence-electron chi connectivity index (χ2n) is 7.27. The van der Waals surface area contributed by atoms with Crippen LogP contribution in [0.15, 0.2) is 24.3 Å². The zero-order valence-corrected chi connectivity index (χ0v) is 17.6. The molecule has 1 aliphatic rings. The van der Waals surface area contributed by atoms with E-state index in [0.29, 0.717) is 11.6 Å². The van der Waals surface area contributed by atoms with Gasteiger partial charge in [0.15, 0.2) is 5.75 Å². The first-order chi connectivity index (χ1) is 13.5. The van der Waals surface area contributed by atoms with Crippen LogP contribution in [-0.4, -0.2) is 48.3 Å². The highest BCUT2D eigenvalue weighted by atomic mass is 16.5. The first-order valence-corrected chi connectivity index (χ1v) is 10.0. The number of pyridine rings is 2. The summed E-state index contributed by atoms with van der Waals surface area (Å²) in [6, 6.07) is 8.25. The van der Waals surface area contributed by atoms with Crippen LogP contribution >= 0.6 is 0 Å². The molecule has 0 aliphatic carbocycles. The zero-order chi connectivity index (χ0) is 20.1. The van der Waals surface area contributed by atoms with Gasteiger partial charge >= 0.3 is 0 Å². The van der Waals surface area contributed by atoms with Crippen LogP contribution in [-0.2, 0) is 6.42 Å².